The van der Waals surface area contributed by atoms with Gasteiger partial charge in [-0.25, -0.2) is 15.0 Å². The molecule has 1 aliphatic heterocycles. The second kappa shape index (κ2) is 5.09. The molecule has 4 heterocycles. The predicted octanol–water partition coefficient (Wildman–Crippen LogP) is 2.38. The number of anilines is 1. The molecule has 1 aliphatic rings. The summed E-state index contributed by atoms with van der Waals surface area (Å²) in [6, 6.07) is 2.12. The van der Waals surface area contributed by atoms with Crippen molar-refractivity contribution in [2.45, 2.75) is 19.1 Å². The molecule has 4 rings (SSSR count). The van der Waals surface area contributed by atoms with Gasteiger partial charge in [0.15, 0.2) is 11.5 Å². The molecule has 0 aromatic carbocycles. The summed E-state index contributed by atoms with van der Waals surface area (Å²) in [6.45, 7) is 3.69. The van der Waals surface area contributed by atoms with Gasteiger partial charge in [-0.3, -0.25) is 0 Å². The van der Waals surface area contributed by atoms with Crippen LogP contribution in [0.15, 0.2) is 29.5 Å². The summed E-state index contributed by atoms with van der Waals surface area (Å²) in [5.41, 5.74) is 2.81. The van der Waals surface area contributed by atoms with E-state index in [2.05, 4.69) is 48.6 Å². The molecule has 0 unspecified atom stereocenters. The maximum atomic E-state index is 6.07. The number of H-pyrrole nitrogens is 1. The van der Waals surface area contributed by atoms with Crippen molar-refractivity contribution in [2.24, 2.45) is 0 Å². The Morgan fingerprint density at radius 3 is 3.14 bits per heavy atom. The van der Waals surface area contributed by atoms with Crippen LogP contribution >= 0.6 is 11.3 Å². The second-order valence-electron chi connectivity index (χ2n) is 5.20. The normalized spacial score (nSPS) is 22.8. The molecular weight excluding hydrogens is 286 g/mol. The Labute approximate surface area is 125 Å². The van der Waals surface area contributed by atoms with Crippen LogP contribution in [-0.2, 0) is 4.74 Å². The van der Waals surface area contributed by atoms with Crippen LogP contribution in [-0.4, -0.2) is 39.1 Å². The van der Waals surface area contributed by atoms with E-state index in [4.69, 9.17) is 4.74 Å². The van der Waals surface area contributed by atoms with E-state index in [1.54, 1.807) is 24.0 Å². The summed E-state index contributed by atoms with van der Waals surface area (Å²) in [7, 11) is 0. The van der Waals surface area contributed by atoms with Crippen LogP contribution in [0.1, 0.15) is 18.6 Å². The topological polar surface area (TPSA) is 66.9 Å². The Bertz CT molecular complexity index is 741. The van der Waals surface area contributed by atoms with Crippen molar-refractivity contribution in [1.82, 2.24) is 19.9 Å². The van der Waals surface area contributed by atoms with Crippen LogP contribution in [0.2, 0.25) is 0 Å². The Morgan fingerprint density at radius 2 is 2.29 bits per heavy atom. The maximum Gasteiger partial charge on any atom is 0.182 e. The molecule has 108 valence electrons. The van der Waals surface area contributed by atoms with Gasteiger partial charge in [-0.05, 0) is 29.3 Å². The summed E-state index contributed by atoms with van der Waals surface area (Å²) in [5, 5.41) is 4.23. The highest BCUT2D eigenvalue weighted by Gasteiger charge is 2.28. The number of rotatable bonds is 2. The lowest BCUT2D eigenvalue weighted by molar-refractivity contribution is -0.0173. The van der Waals surface area contributed by atoms with Gasteiger partial charge in [0.1, 0.15) is 17.9 Å². The number of nitrogens with zero attached hydrogens (tertiary/aromatic N) is 4. The Hall–Kier alpha value is -1.99. The number of imidazole rings is 1. The Balaban J connectivity index is 1.69. The minimum absolute atomic E-state index is 0.0768. The number of hydrogen-bond donors (Lipinski definition) is 1. The van der Waals surface area contributed by atoms with Crippen LogP contribution in [0, 0.1) is 0 Å². The van der Waals surface area contributed by atoms with Crippen LogP contribution in [0.3, 0.4) is 0 Å². The molecule has 0 amide bonds. The lowest BCUT2D eigenvalue weighted by atomic mass is 10.1. The van der Waals surface area contributed by atoms with Crippen molar-refractivity contribution in [3.05, 3.63) is 35.0 Å². The second-order valence-corrected chi connectivity index (χ2v) is 5.98. The number of ether oxygens (including phenoxy) is 1. The first kappa shape index (κ1) is 12.7. The SMILES string of the molecule is C[C@H]1CN(c2ncnc3nc[nH]c23)C[C@@H](c2ccsc2)O1. The number of aromatic nitrogens is 4. The third-order valence-electron chi connectivity index (χ3n) is 3.68. The molecule has 3 aromatic rings. The summed E-state index contributed by atoms with van der Waals surface area (Å²) in [4.78, 5) is 18.2. The zero-order valence-corrected chi connectivity index (χ0v) is 12.4. The van der Waals surface area contributed by atoms with E-state index in [1.807, 2.05) is 0 Å². The number of aromatic amines is 1. The highest BCUT2D eigenvalue weighted by Crippen LogP contribution is 2.30. The number of nitrogens with one attached hydrogen (secondary N) is 1. The molecule has 3 aromatic heterocycles. The molecule has 0 bridgehead atoms. The van der Waals surface area contributed by atoms with Crippen molar-refractivity contribution in [2.75, 3.05) is 18.0 Å². The highest BCUT2D eigenvalue weighted by molar-refractivity contribution is 7.07. The van der Waals surface area contributed by atoms with Gasteiger partial charge < -0.3 is 14.6 Å². The fourth-order valence-electron chi connectivity index (χ4n) is 2.76. The molecule has 21 heavy (non-hydrogen) atoms. The van der Waals surface area contributed by atoms with E-state index in [1.165, 1.54) is 5.56 Å². The van der Waals surface area contributed by atoms with E-state index in [-0.39, 0.29) is 12.2 Å². The standard InChI is InChI=1S/C14H15N5OS/c1-9-4-19(5-11(20-9)10-2-3-21-6-10)14-12-13(16-7-15-12)17-8-18-14/h2-3,6-9,11H,4-5H2,1H3,(H,15,16,17,18)/t9-,11-/m0/s1. The molecule has 0 saturated carbocycles. The van der Waals surface area contributed by atoms with Crippen LogP contribution < -0.4 is 4.90 Å². The average Bonchev–Trinajstić information content (AvgIpc) is 3.17. The minimum Gasteiger partial charge on any atom is -0.367 e. The molecule has 1 saturated heterocycles. The monoisotopic (exact) mass is 301 g/mol. The summed E-state index contributed by atoms with van der Waals surface area (Å²) in [6.07, 6.45) is 3.45. The smallest absolute Gasteiger partial charge is 0.182 e. The van der Waals surface area contributed by atoms with Gasteiger partial charge in [-0.1, -0.05) is 0 Å². The van der Waals surface area contributed by atoms with Gasteiger partial charge in [-0.15, -0.1) is 0 Å². The molecule has 6 nitrogen and oxygen atoms in total. The van der Waals surface area contributed by atoms with E-state index in [9.17, 15) is 0 Å². The first-order valence-electron chi connectivity index (χ1n) is 6.88. The molecular formula is C14H15N5OS. The lowest BCUT2D eigenvalue weighted by Crippen LogP contribution is -2.43. The number of fused-ring (bicyclic) bond motifs is 1. The quantitative estimate of drug-likeness (QED) is 0.787. The number of thiophene rings is 1. The summed E-state index contributed by atoms with van der Waals surface area (Å²) in [5.74, 6) is 0.896. The van der Waals surface area contributed by atoms with E-state index in [0.29, 0.717) is 5.65 Å². The van der Waals surface area contributed by atoms with Crippen molar-refractivity contribution in [1.29, 1.82) is 0 Å². The zero-order valence-electron chi connectivity index (χ0n) is 11.6. The van der Waals surface area contributed by atoms with Crippen molar-refractivity contribution >= 4 is 28.3 Å². The maximum absolute atomic E-state index is 6.07. The van der Waals surface area contributed by atoms with Gasteiger partial charge in [0.25, 0.3) is 0 Å². The highest BCUT2D eigenvalue weighted by atomic mass is 32.1. The first-order chi connectivity index (χ1) is 10.3. The summed E-state index contributed by atoms with van der Waals surface area (Å²) < 4.78 is 6.07. The third kappa shape index (κ3) is 2.28. The first-order valence-corrected chi connectivity index (χ1v) is 7.82. The summed E-state index contributed by atoms with van der Waals surface area (Å²) >= 11 is 1.70. The van der Waals surface area contributed by atoms with Gasteiger partial charge in [0.2, 0.25) is 0 Å². The van der Waals surface area contributed by atoms with E-state index >= 15 is 0 Å². The fourth-order valence-corrected chi connectivity index (χ4v) is 3.46. The molecule has 0 aliphatic carbocycles. The average molecular weight is 301 g/mol. The molecule has 7 heteroatoms. The van der Waals surface area contributed by atoms with Gasteiger partial charge in [0, 0.05) is 13.1 Å². The predicted molar refractivity (Wildman–Crippen MR) is 81.5 cm³/mol. The Morgan fingerprint density at radius 1 is 1.33 bits per heavy atom. The van der Waals surface area contributed by atoms with Crippen molar-refractivity contribution < 1.29 is 4.74 Å². The minimum atomic E-state index is 0.0768. The van der Waals surface area contributed by atoms with Gasteiger partial charge in [0.05, 0.1) is 12.4 Å². The molecule has 0 spiro atoms. The van der Waals surface area contributed by atoms with E-state index < -0.39 is 0 Å². The number of morpholine rings is 1. The van der Waals surface area contributed by atoms with Gasteiger partial charge >= 0.3 is 0 Å². The van der Waals surface area contributed by atoms with Gasteiger partial charge in [-0.2, -0.15) is 11.3 Å². The molecule has 1 fully saturated rings. The number of hydrogen-bond acceptors (Lipinski definition) is 6. The molecule has 0 radical (unpaired) electrons. The van der Waals surface area contributed by atoms with E-state index in [0.717, 1.165) is 24.4 Å². The molecule has 1 N–H and O–H groups in total. The lowest BCUT2D eigenvalue weighted by Gasteiger charge is -2.37. The largest absolute Gasteiger partial charge is 0.367 e. The van der Waals surface area contributed by atoms with Crippen LogP contribution in [0.5, 0.6) is 0 Å². The third-order valence-corrected chi connectivity index (χ3v) is 4.38. The van der Waals surface area contributed by atoms with Crippen molar-refractivity contribution in [3.63, 3.8) is 0 Å². The molecule has 2 atom stereocenters. The van der Waals surface area contributed by atoms with Crippen molar-refractivity contribution in [3.8, 4) is 0 Å². The zero-order chi connectivity index (χ0) is 14.2. The van der Waals surface area contributed by atoms with Crippen LogP contribution in [0.4, 0.5) is 5.82 Å². The Kier molecular flexibility index (Phi) is 3.08. The van der Waals surface area contributed by atoms with Crippen LogP contribution in [0.25, 0.3) is 11.2 Å². The fraction of sp³-hybridized carbons (Fsp3) is 0.357.